The number of aryl methyl sites for hydroxylation is 1. The minimum atomic E-state index is -4.10. The third-order valence-corrected chi connectivity index (χ3v) is 2.55. The van der Waals surface area contributed by atoms with Gasteiger partial charge >= 0.3 is 6.18 Å². The van der Waals surface area contributed by atoms with Crippen LogP contribution in [0.3, 0.4) is 0 Å². The van der Waals surface area contributed by atoms with Gasteiger partial charge in [-0.1, -0.05) is 6.92 Å². The Bertz CT molecular complexity index is 333. The summed E-state index contributed by atoms with van der Waals surface area (Å²) in [6, 6.07) is -0.276. The zero-order valence-electron chi connectivity index (χ0n) is 10.1. The number of aromatic nitrogens is 2. The maximum atomic E-state index is 12.2. The zero-order valence-corrected chi connectivity index (χ0v) is 10.1. The molecule has 0 aliphatic carbocycles. The van der Waals surface area contributed by atoms with E-state index in [1.807, 2.05) is 13.8 Å². The summed E-state index contributed by atoms with van der Waals surface area (Å²) in [5.41, 5.74) is 0.818. The Kier molecular flexibility index (Phi) is 4.99. The lowest BCUT2D eigenvalue weighted by molar-refractivity contribution is -0.136. The van der Waals surface area contributed by atoms with Crippen molar-refractivity contribution >= 4 is 0 Å². The van der Waals surface area contributed by atoms with E-state index in [4.69, 9.17) is 0 Å². The van der Waals surface area contributed by atoms with Crippen molar-refractivity contribution in [3.8, 4) is 0 Å². The molecule has 1 N–H and O–H groups in total. The van der Waals surface area contributed by atoms with Gasteiger partial charge in [0.2, 0.25) is 0 Å². The lowest BCUT2D eigenvalue weighted by atomic mass is 10.1. The largest absolute Gasteiger partial charge is 0.389 e. The molecule has 3 nitrogen and oxygen atoms in total. The van der Waals surface area contributed by atoms with Gasteiger partial charge in [0.05, 0.1) is 6.20 Å². The first-order valence-electron chi connectivity index (χ1n) is 5.78. The molecule has 1 aromatic rings. The second-order valence-electron chi connectivity index (χ2n) is 3.89. The molecule has 0 aromatic carbocycles. The maximum Gasteiger partial charge on any atom is 0.389 e. The summed E-state index contributed by atoms with van der Waals surface area (Å²) in [4.78, 5) is 0. The van der Waals surface area contributed by atoms with Crippen LogP contribution in [0.5, 0.6) is 0 Å². The first-order chi connectivity index (χ1) is 7.96. The quantitative estimate of drug-likeness (QED) is 0.840. The lowest BCUT2D eigenvalue weighted by Crippen LogP contribution is -2.22. The highest BCUT2D eigenvalue weighted by Crippen LogP contribution is 2.27. The smallest absolute Gasteiger partial charge is 0.310 e. The number of alkyl halides is 3. The average Bonchev–Trinajstić information content (AvgIpc) is 2.71. The van der Waals surface area contributed by atoms with Gasteiger partial charge in [0.1, 0.15) is 0 Å². The molecule has 1 heterocycles. The van der Waals surface area contributed by atoms with Crippen LogP contribution in [0.15, 0.2) is 12.4 Å². The van der Waals surface area contributed by atoms with E-state index in [2.05, 4.69) is 10.4 Å². The van der Waals surface area contributed by atoms with Crippen LogP contribution in [-0.2, 0) is 6.54 Å². The summed E-state index contributed by atoms with van der Waals surface area (Å²) in [5, 5.41) is 7.13. The fourth-order valence-corrected chi connectivity index (χ4v) is 1.67. The second-order valence-corrected chi connectivity index (χ2v) is 3.89. The Morgan fingerprint density at radius 1 is 1.41 bits per heavy atom. The third kappa shape index (κ3) is 4.77. The van der Waals surface area contributed by atoms with Gasteiger partial charge in [0, 0.05) is 30.8 Å². The van der Waals surface area contributed by atoms with E-state index in [1.54, 1.807) is 17.1 Å². The standard InChI is InChI=1S/C11H18F3N3/c1-3-15-10(5-6-11(12,13)14)9-7-16-17(4-2)8-9/h7-8,10,15H,3-6H2,1-2H3. The Morgan fingerprint density at radius 3 is 2.59 bits per heavy atom. The molecule has 0 amide bonds. The Balaban J connectivity index is 2.64. The minimum Gasteiger partial charge on any atom is -0.310 e. The topological polar surface area (TPSA) is 29.9 Å². The van der Waals surface area contributed by atoms with E-state index in [9.17, 15) is 13.2 Å². The fourth-order valence-electron chi connectivity index (χ4n) is 1.67. The molecule has 0 aliphatic rings. The summed E-state index contributed by atoms with van der Waals surface area (Å²) in [7, 11) is 0. The Hall–Kier alpha value is -1.04. The van der Waals surface area contributed by atoms with E-state index in [1.165, 1.54) is 0 Å². The summed E-state index contributed by atoms with van der Waals surface area (Å²) >= 11 is 0. The van der Waals surface area contributed by atoms with Crippen LogP contribution >= 0.6 is 0 Å². The van der Waals surface area contributed by atoms with Crippen LogP contribution in [0.2, 0.25) is 0 Å². The van der Waals surface area contributed by atoms with Crippen LogP contribution in [0.4, 0.5) is 13.2 Å². The molecule has 0 saturated heterocycles. The number of rotatable bonds is 6. The van der Waals surface area contributed by atoms with Crippen molar-refractivity contribution in [3.63, 3.8) is 0 Å². The van der Waals surface area contributed by atoms with Crippen LogP contribution < -0.4 is 5.32 Å². The normalized spacial score (nSPS) is 13.9. The number of nitrogens with zero attached hydrogens (tertiary/aromatic N) is 2. The van der Waals surface area contributed by atoms with Gasteiger partial charge < -0.3 is 5.32 Å². The minimum absolute atomic E-state index is 0.0484. The van der Waals surface area contributed by atoms with Gasteiger partial charge in [-0.25, -0.2) is 0 Å². The van der Waals surface area contributed by atoms with E-state index < -0.39 is 12.6 Å². The first kappa shape index (κ1) is 14.0. The number of halogens is 3. The van der Waals surface area contributed by atoms with Crippen molar-refractivity contribution in [2.24, 2.45) is 0 Å². The third-order valence-electron chi connectivity index (χ3n) is 2.55. The monoisotopic (exact) mass is 249 g/mol. The van der Waals surface area contributed by atoms with E-state index in [0.717, 1.165) is 12.1 Å². The SMILES string of the molecule is CCNC(CCC(F)(F)F)c1cnn(CC)c1. The molecule has 0 spiro atoms. The van der Waals surface area contributed by atoms with Gasteiger partial charge in [0.25, 0.3) is 0 Å². The summed E-state index contributed by atoms with van der Waals surface area (Å²) < 4.78 is 38.3. The van der Waals surface area contributed by atoms with Crippen LogP contribution in [-0.4, -0.2) is 22.5 Å². The summed E-state index contributed by atoms with van der Waals surface area (Å²) in [5.74, 6) is 0. The molecule has 6 heteroatoms. The summed E-state index contributed by atoms with van der Waals surface area (Å²) in [6.45, 7) is 5.18. The molecule has 0 bridgehead atoms. The average molecular weight is 249 g/mol. The number of hydrogen-bond donors (Lipinski definition) is 1. The first-order valence-corrected chi connectivity index (χ1v) is 5.78. The fraction of sp³-hybridized carbons (Fsp3) is 0.727. The highest BCUT2D eigenvalue weighted by Gasteiger charge is 2.28. The molecule has 1 unspecified atom stereocenters. The molecule has 98 valence electrons. The van der Waals surface area contributed by atoms with E-state index in [-0.39, 0.29) is 12.5 Å². The molecule has 1 atom stereocenters. The molecular weight excluding hydrogens is 231 g/mol. The zero-order chi connectivity index (χ0) is 12.9. The molecular formula is C11H18F3N3. The van der Waals surface area contributed by atoms with Crippen molar-refractivity contribution in [2.75, 3.05) is 6.54 Å². The van der Waals surface area contributed by atoms with Gasteiger partial charge in [-0.2, -0.15) is 18.3 Å². The second kappa shape index (κ2) is 6.05. The van der Waals surface area contributed by atoms with Gasteiger partial charge in [-0.15, -0.1) is 0 Å². The van der Waals surface area contributed by atoms with Crippen molar-refractivity contribution in [3.05, 3.63) is 18.0 Å². The summed E-state index contributed by atoms with van der Waals surface area (Å²) in [6.07, 6.45) is -1.40. The van der Waals surface area contributed by atoms with Crippen molar-refractivity contribution in [1.29, 1.82) is 0 Å². The van der Waals surface area contributed by atoms with Gasteiger partial charge in [-0.05, 0) is 19.9 Å². The molecule has 1 rings (SSSR count). The Morgan fingerprint density at radius 2 is 2.12 bits per heavy atom. The van der Waals surface area contributed by atoms with Crippen molar-refractivity contribution < 1.29 is 13.2 Å². The van der Waals surface area contributed by atoms with Crippen LogP contribution in [0.25, 0.3) is 0 Å². The molecule has 0 saturated carbocycles. The van der Waals surface area contributed by atoms with E-state index >= 15 is 0 Å². The molecule has 0 fully saturated rings. The predicted octanol–water partition coefficient (Wildman–Crippen LogP) is 2.90. The molecule has 1 aromatic heterocycles. The maximum absolute atomic E-state index is 12.2. The molecule has 0 radical (unpaired) electrons. The van der Waals surface area contributed by atoms with Gasteiger partial charge in [0.15, 0.2) is 0 Å². The highest BCUT2D eigenvalue weighted by molar-refractivity contribution is 5.10. The van der Waals surface area contributed by atoms with E-state index in [0.29, 0.717) is 6.54 Å². The lowest BCUT2D eigenvalue weighted by Gasteiger charge is -2.17. The predicted molar refractivity (Wildman–Crippen MR) is 59.6 cm³/mol. The molecule has 17 heavy (non-hydrogen) atoms. The van der Waals surface area contributed by atoms with Gasteiger partial charge in [-0.3, -0.25) is 4.68 Å². The van der Waals surface area contributed by atoms with Crippen LogP contribution in [0, 0.1) is 0 Å². The van der Waals surface area contributed by atoms with Crippen molar-refractivity contribution in [2.45, 2.75) is 45.5 Å². The molecule has 0 aliphatic heterocycles. The Labute approximate surface area is 99.0 Å². The number of nitrogens with one attached hydrogen (secondary N) is 1. The highest BCUT2D eigenvalue weighted by atomic mass is 19.4. The van der Waals surface area contributed by atoms with Crippen LogP contribution in [0.1, 0.15) is 38.3 Å². The van der Waals surface area contributed by atoms with Crippen molar-refractivity contribution in [1.82, 2.24) is 15.1 Å². The number of hydrogen-bond acceptors (Lipinski definition) is 2.